The molecule has 1 aliphatic heterocycles. The molecule has 0 aliphatic carbocycles. The predicted molar refractivity (Wildman–Crippen MR) is 100.0 cm³/mol. The van der Waals surface area contributed by atoms with Crippen LogP contribution < -0.4 is 10.6 Å². The number of hydrogen-bond acceptors (Lipinski definition) is 3. The number of nitrogens with zero attached hydrogens (tertiary/aromatic N) is 1. The maximum absolute atomic E-state index is 12.0. The minimum Gasteiger partial charge on any atom is -0.445 e. The van der Waals surface area contributed by atoms with E-state index in [9.17, 15) is 4.79 Å². The van der Waals surface area contributed by atoms with Gasteiger partial charge in [-0.25, -0.2) is 4.79 Å². The van der Waals surface area contributed by atoms with Gasteiger partial charge in [-0.2, -0.15) is 0 Å². The third kappa shape index (κ3) is 3.48. The zero-order valence-corrected chi connectivity index (χ0v) is 14.4. The molecule has 0 saturated heterocycles. The summed E-state index contributed by atoms with van der Waals surface area (Å²) in [4.78, 5) is 12.0. The highest BCUT2D eigenvalue weighted by Crippen LogP contribution is 2.25. The zero-order valence-electron chi connectivity index (χ0n) is 14.4. The van der Waals surface area contributed by atoms with Crippen molar-refractivity contribution < 1.29 is 9.53 Å². The van der Waals surface area contributed by atoms with Crippen molar-refractivity contribution in [2.75, 3.05) is 6.54 Å². The van der Waals surface area contributed by atoms with Gasteiger partial charge in [0, 0.05) is 30.7 Å². The lowest BCUT2D eigenvalue weighted by Crippen LogP contribution is -2.35. The van der Waals surface area contributed by atoms with Gasteiger partial charge in [-0.15, -0.1) is 0 Å². The minimum absolute atomic E-state index is 0.0154. The monoisotopic (exact) mass is 347 g/mol. The lowest BCUT2D eigenvalue weighted by atomic mass is 10.2. The molecule has 5 nitrogen and oxygen atoms in total. The third-order valence-corrected chi connectivity index (χ3v) is 4.59. The molecule has 3 aromatic rings. The first kappa shape index (κ1) is 16.4. The van der Waals surface area contributed by atoms with E-state index in [0.29, 0.717) is 6.54 Å². The zero-order chi connectivity index (χ0) is 17.8. The van der Waals surface area contributed by atoms with Crippen molar-refractivity contribution in [1.29, 1.82) is 0 Å². The Balaban J connectivity index is 1.39. The summed E-state index contributed by atoms with van der Waals surface area (Å²) >= 11 is 0. The summed E-state index contributed by atoms with van der Waals surface area (Å²) in [5.74, 6) is 0. The molecule has 1 atom stereocenters. The number of fused-ring (bicyclic) bond motifs is 3. The van der Waals surface area contributed by atoms with E-state index in [4.69, 9.17) is 4.74 Å². The molecule has 1 aliphatic rings. The van der Waals surface area contributed by atoms with Crippen LogP contribution in [-0.4, -0.2) is 17.2 Å². The fourth-order valence-electron chi connectivity index (χ4n) is 3.27. The lowest BCUT2D eigenvalue weighted by molar-refractivity contribution is 0.138. The molecule has 2 N–H and O–H groups in total. The fourth-order valence-corrected chi connectivity index (χ4v) is 3.27. The van der Waals surface area contributed by atoms with Crippen molar-refractivity contribution in [2.24, 2.45) is 0 Å². The number of para-hydroxylation sites is 1. The molecule has 4 rings (SSSR count). The van der Waals surface area contributed by atoms with Gasteiger partial charge in [0.05, 0.1) is 6.04 Å². The van der Waals surface area contributed by atoms with Crippen LogP contribution in [0.4, 0.5) is 4.79 Å². The van der Waals surface area contributed by atoms with Crippen LogP contribution in [0.1, 0.15) is 22.9 Å². The van der Waals surface area contributed by atoms with Crippen molar-refractivity contribution in [1.82, 2.24) is 15.2 Å². The number of hydrogen-bond donors (Lipinski definition) is 2. The standard InChI is InChI=1S/C21H21N3O2/c25-21(26-15-16-7-2-1-3-8-16)23-14-18-20-11-6-12-24(20)19-10-5-4-9-17(19)13-22-18/h1-12,18,22H,13-15H2,(H,23,25). The number of benzene rings is 2. The Labute approximate surface area is 152 Å². The Bertz CT molecular complexity index is 889. The molecule has 0 spiro atoms. The molecule has 26 heavy (non-hydrogen) atoms. The summed E-state index contributed by atoms with van der Waals surface area (Å²) in [5.41, 5.74) is 4.51. The Kier molecular flexibility index (Phi) is 4.71. The van der Waals surface area contributed by atoms with E-state index >= 15 is 0 Å². The van der Waals surface area contributed by atoms with Crippen LogP contribution in [0.2, 0.25) is 0 Å². The van der Waals surface area contributed by atoms with Crippen LogP contribution >= 0.6 is 0 Å². The highest BCUT2D eigenvalue weighted by atomic mass is 16.5. The summed E-state index contributed by atoms with van der Waals surface area (Å²) in [6.07, 6.45) is 1.65. The summed E-state index contributed by atoms with van der Waals surface area (Å²) in [7, 11) is 0. The van der Waals surface area contributed by atoms with E-state index in [1.165, 1.54) is 11.3 Å². The highest BCUT2D eigenvalue weighted by Gasteiger charge is 2.21. The minimum atomic E-state index is -0.407. The van der Waals surface area contributed by atoms with Gasteiger partial charge < -0.3 is 19.9 Å². The summed E-state index contributed by atoms with van der Waals surface area (Å²) in [5, 5.41) is 6.39. The second-order valence-corrected chi connectivity index (χ2v) is 6.31. The van der Waals surface area contributed by atoms with Gasteiger partial charge in [0.25, 0.3) is 0 Å². The fraction of sp³-hybridized carbons (Fsp3) is 0.190. The number of alkyl carbamates (subject to hydrolysis) is 1. The van der Waals surface area contributed by atoms with Gasteiger partial charge in [0.15, 0.2) is 0 Å². The number of aromatic nitrogens is 1. The molecule has 132 valence electrons. The Morgan fingerprint density at radius 2 is 1.88 bits per heavy atom. The predicted octanol–water partition coefficient (Wildman–Crippen LogP) is 3.55. The Morgan fingerprint density at radius 3 is 2.77 bits per heavy atom. The van der Waals surface area contributed by atoms with Crippen LogP contribution in [0.3, 0.4) is 0 Å². The van der Waals surface area contributed by atoms with E-state index in [1.54, 1.807) is 0 Å². The van der Waals surface area contributed by atoms with E-state index in [0.717, 1.165) is 17.8 Å². The molecule has 1 amide bonds. The van der Waals surface area contributed by atoms with Gasteiger partial charge in [-0.05, 0) is 29.3 Å². The van der Waals surface area contributed by atoms with Crippen molar-refractivity contribution in [3.8, 4) is 5.69 Å². The Hall–Kier alpha value is -3.05. The van der Waals surface area contributed by atoms with Crippen LogP contribution in [0.25, 0.3) is 5.69 Å². The first-order valence-electron chi connectivity index (χ1n) is 8.75. The van der Waals surface area contributed by atoms with Crippen molar-refractivity contribution >= 4 is 6.09 Å². The number of rotatable bonds is 4. The first-order valence-corrected chi connectivity index (χ1v) is 8.75. The maximum Gasteiger partial charge on any atom is 0.407 e. The molecular formula is C21H21N3O2. The summed E-state index contributed by atoms with van der Waals surface area (Å²) < 4.78 is 7.47. The van der Waals surface area contributed by atoms with E-state index < -0.39 is 6.09 Å². The molecule has 1 unspecified atom stereocenters. The molecule has 2 heterocycles. The van der Waals surface area contributed by atoms with Gasteiger partial charge in [-0.1, -0.05) is 48.5 Å². The van der Waals surface area contributed by atoms with Gasteiger partial charge >= 0.3 is 6.09 Å². The molecular weight excluding hydrogens is 326 g/mol. The van der Waals surface area contributed by atoms with Gasteiger partial charge in [0.2, 0.25) is 0 Å². The second kappa shape index (κ2) is 7.45. The van der Waals surface area contributed by atoms with Crippen molar-refractivity contribution in [3.63, 3.8) is 0 Å². The third-order valence-electron chi connectivity index (χ3n) is 4.59. The molecule has 1 aromatic heterocycles. The average molecular weight is 347 g/mol. The maximum atomic E-state index is 12.0. The average Bonchev–Trinajstić information content (AvgIpc) is 3.11. The smallest absolute Gasteiger partial charge is 0.407 e. The Morgan fingerprint density at radius 1 is 1.08 bits per heavy atom. The molecule has 5 heteroatoms. The van der Waals surface area contributed by atoms with E-state index in [1.807, 2.05) is 48.5 Å². The normalized spacial score (nSPS) is 15.5. The quantitative estimate of drug-likeness (QED) is 0.759. The highest BCUT2D eigenvalue weighted by molar-refractivity contribution is 5.67. The van der Waals surface area contributed by atoms with E-state index in [-0.39, 0.29) is 12.6 Å². The number of amides is 1. The number of carbonyl (C=O) groups is 1. The topological polar surface area (TPSA) is 55.3 Å². The molecule has 0 radical (unpaired) electrons. The molecule has 0 bridgehead atoms. The largest absolute Gasteiger partial charge is 0.445 e. The molecule has 0 fully saturated rings. The summed E-state index contributed by atoms with van der Waals surface area (Å²) in [6.45, 7) is 1.49. The first-order chi connectivity index (χ1) is 12.8. The SMILES string of the molecule is O=C(NCC1NCc2ccccc2-n2cccc21)OCc1ccccc1. The van der Waals surface area contributed by atoms with Gasteiger partial charge in [-0.3, -0.25) is 0 Å². The van der Waals surface area contributed by atoms with Crippen LogP contribution in [0, 0.1) is 0 Å². The van der Waals surface area contributed by atoms with Gasteiger partial charge in [0.1, 0.15) is 6.61 Å². The summed E-state index contributed by atoms with van der Waals surface area (Å²) in [6, 6.07) is 22.1. The molecule has 2 aromatic carbocycles. The number of carbonyl (C=O) groups excluding carboxylic acids is 1. The van der Waals surface area contributed by atoms with Crippen molar-refractivity contribution in [3.05, 3.63) is 89.7 Å². The molecule has 0 saturated carbocycles. The number of nitrogens with one attached hydrogen (secondary N) is 2. The second-order valence-electron chi connectivity index (χ2n) is 6.31. The van der Waals surface area contributed by atoms with Crippen LogP contribution in [0.15, 0.2) is 72.9 Å². The lowest BCUT2D eigenvalue weighted by Gasteiger charge is -2.18. The van der Waals surface area contributed by atoms with E-state index in [2.05, 4.69) is 39.6 Å². The van der Waals surface area contributed by atoms with Crippen LogP contribution in [0.5, 0.6) is 0 Å². The van der Waals surface area contributed by atoms with Crippen molar-refractivity contribution in [2.45, 2.75) is 19.2 Å². The number of ether oxygens (including phenoxy) is 1. The van der Waals surface area contributed by atoms with Crippen LogP contribution in [-0.2, 0) is 17.9 Å².